The molecule has 3 rings (SSSR count). The molecule has 0 aliphatic rings. The van der Waals surface area contributed by atoms with E-state index in [1.54, 1.807) is 6.07 Å². The molecule has 3 aromatic rings. The average molecular weight is 375 g/mol. The highest BCUT2D eigenvalue weighted by Crippen LogP contribution is 2.21. The van der Waals surface area contributed by atoms with Crippen LogP contribution in [0.25, 0.3) is 11.3 Å². The van der Waals surface area contributed by atoms with E-state index in [4.69, 9.17) is 0 Å². The minimum Gasteiger partial charge on any atom is -0.324 e. The first-order valence-electron chi connectivity index (χ1n) is 9.44. The molecule has 1 heterocycles. The van der Waals surface area contributed by atoms with Crippen molar-refractivity contribution in [3.63, 3.8) is 0 Å². The first kappa shape index (κ1) is 19.5. The van der Waals surface area contributed by atoms with E-state index in [-0.39, 0.29) is 11.5 Å². The Labute approximate surface area is 165 Å². The quantitative estimate of drug-likeness (QED) is 0.718. The van der Waals surface area contributed by atoms with Crippen molar-refractivity contribution in [2.24, 2.45) is 0 Å². The summed E-state index contributed by atoms with van der Waals surface area (Å²) in [5, 5.41) is 7.45. The Balaban J connectivity index is 1.94. The second-order valence-electron chi connectivity index (χ2n) is 7.03. The molecule has 0 saturated heterocycles. The Morgan fingerprint density at radius 3 is 2.43 bits per heavy atom. The smallest absolute Gasteiger partial charge is 0.267 e. The molecule has 144 valence electrons. The zero-order valence-corrected chi connectivity index (χ0v) is 16.7. The van der Waals surface area contributed by atoms with Crippen LogP contribution in [0.2, 0.25) is 0 Å². The van der Waals surface area contributed by atoms with E-state index in [1.165, 1.54) is 10.7 Å². The lowest BCUT2D eigenvalue weighted by molar-refractivity contribution is -0.119. The Morgan fingerprint density at radius 1 is 1.04 bits per heavy atom. The molecule has 0 saturated carbocycles. The number of carbonyl (C=O) groups excluding carboxylic acids is 1. The number of hydrogen-bond donors (Lipinski definition) is 1. The monoisotopic (exact) mass is 375 g/mol. The summed E-state index contributed by atoms with van der Waals surface area (Å²) in [4.78, 5) is 25.4. The van der Waals surface area contributed by atoms with Crippen LogP contribution in [0, 0.1) is 20.8 Å². The van der Waals surface area contributed by atoms with Gasteiger partial charge < -0.3 is 5.32 Å². The summed E-state index contributed by atoms with van der Waals surface area (Å²) in [6, 6.07) is 16.2. The van der Waals surface area contributed by atoms with Crippen molar-refractivity contribution in [3.05, 3.63) is 81.6 Å². The number of nitrogens with zero attached hydrogens (tertiary/aromatic N) is 2. The SMILES string of the molecule is CC[C@H](C(=O)Nc1cccc(C)c1C)n1nc(-c2ccc(C)cc2)ccc1=O. The third kappa shape index (κ3) is 4.03. The van der Waals surface area contributed by atoms with Gasteiger partial charge in [0, 0.05) is 17.3 Å². The topological polar surface area (TPSA) is 64.0 Å². The van der Waals surface area contributed by atoms with Gasteiger partial charge in [-0.05, 0) is 50.5 Å². The number of rotatable bonds is 5. The Hall–Kier alpha value is -3.21. The van der Waals surface area contributed by atoms with Gasteiger partial charge in [-0.15, -0.1) is 0 Å². The molecule has 1 amide bonds. The maximum Gasteiger partial charge on any atom is 0.267 e. The van der Waals surface area contributed by atoms with Gasteiger partial charge in [0.05, 0.1) is 5.69 Å². The summed E-state index contributed by atoms with van der Waals surface area (Å²) in [6.45, 7) is 7.86. The maximum absolute atomic E-state index is 12.9. The first-order chi connectivity index (χ1) is 13.4. The highest BCUT2D eigenvalue weighted by Gasteiger charge is 2.22. The lowest BCUT2D eigenvalue weighted by Gasteiger charge is -2.19. The van der Waals surface area contributed by atoms with E-state index < -0.39 is 6.04 Å². The van der Waals surface area contributed by atoms with Crippen LogP contribution in [-0.4, -0.2) is 15.7 Å². The second-order valence-corrected chi connectivity index (χ2v) is 7.03. The molecule has 0 unspecified atom stereocenters. The number of nitrogens with one attached hydrogen (secondary N) is 1. The van der Waals surface area contributed by atoms with Gasteiger partial charge in [0.15, 0.2) is 0 Å². The average Bonchev–Trinajstić information content (AvgIpc) is 2.68. The molecule has 5 heteroatoms. The number of carbonyl (C=O) groups is 1. The van der Waals surface area contributed by atoms with Gasteiger partial charge in [-0.25, -0.2) is 4.68 Å². The summed E-state index contributed by atoms with van der Waals surface area (Å²) in [6.07, 6.45) is 0.459. The molecule has 0 aliphatic heterocycles. The number of aryl methyl sites for hydroxylation is 2. The molecule has 0 aliphatic carbocycles. The number of aromatic nitrogens is 2. The van der Waals surface area contributed by atoms with Crippen molar-refractivity contribution in [2.45, 2.75) is 40.2 Å². The molecule has 1 N–H and O–H groups in total. The van der Waals surface area contributed by atoms with Crippen LogP contribution in [0.1, 0.15) is 36.1 Å². The van der Waals surface area contributed by atoms with Crippen molar-refractivity contribution in [1.82, 2.24) is 9.78 Å². The van der Waals surface area contributed by atoms with Crippen LogP contribution in [-0.2, 0) is 4.79 Å². The zero-order chi connectivity index (χ0) is 20.3. The van der Waals surface area contributed by atoms with Crippen LogP contribution in [0.15, 0.2) is 59.4 Å². The molecule has 0 bridgehead atoms. The van der Waals surface area contributed by atoms with Crippen molar-refractivity contribution < 1.29 is 4.79 Å². The standard InChI is InChI=1S/C23H25N3O2/c1-5-21(23(28)24-19-8-6-7-16(3)17(19)4)26-22(27)14-13-20(25-26)18-11-9-15(2)10-12-18/h6-14,21H,5H2,1-4H3,(H,24,28)/t21-/m1/s1. The molecular formula is C23H25N3O2. The zero-order valence-electron chi connectivity index (χ0n) is 16.7. The number of hydrogen-bond acceptors (Lipinski definition) is 3. The third-order valence-corrected chi connectivity index (χ3v) is 5.02. The summed E-state index contributed by atoms with van der Waals surface area (Å²) in [5.74, 6) is -0.244. The molecule has 0 fully saturated rings. The van der Waals surface area contributed by atoms with Crippen LogP contribution in [0.5, 0.6) is 0 Å². The lowest BCUT2D eigenvalue weighted by Crippen LogP contribution is -2.34. The summed E-state index contributed by atoms with van der Waals surface area (Å²) < 4.78 is 1.29. The molecule has 1 aromatic heterocycles. The Kier molecular flexibility index (Phi) is 5.73. The highest BCUT2D eigenvalue weighted by atomic mass is 16.2. The first-order valence-corrected chi connectivity index (χ1v) is 9.44. The van der Waals surface area contributed by atoms with Crippen molar-refractivity contribution >= 4 is 11.6 Å². The fourth-order valence-electron chi connectivity index (χ4n) is 3.10. The van der Waals surface area contributed by atoms with Crippen LogP contribution in [0.4, 0.5) is 5.69 Å². The predicted octanol–water partition coefficient (Wildman–Crippen LogP) is 4.43. The van der Waals surface area contributed by atoms with Crippen LogP contribution in [0.3, 0.4) is 0 Å². The van der Waals surface area contributed by atoms with Crippen molar-refractivity contribution in [3.8, 4) is 11.3 Å². The Morgan fingerprint density at radius 2 is 1.75 bits per heavy atom. The molecule has 5 nitrogen and oxygen atoms in total. The normalized spacial score (nSPS) is 11.9. The molecular weight excluding hydrogens is 350 g/mol. The van der Waals surface area contributed by atoms with Gasteiger partial charge in [-0.2, -0.15) is 5.10 Å². The summed E-state index contributed by atoms with van der Waals surface area (Å²) in [7, 11) is 0. The van der Waals surface area contributed by atoms with E-state index in [2.05, 4.69) is 10.4 Å². The number of anilines is 1. The predicted molar refractivity (Wildman–Crippen MR) is 113 cm³/mol. The minimum atomic E-state index is -0.683. The van der Waals surface area contributed by atoms with E-state index >= 15 is 0 Å². The van der Waals surface area contributed by atoms with E-state index in [1.807, 2.05) is 70.2 Å². The molecule has 2 aromatic carbocycles. The molecule has 1 atom stereocenters. The van der Waals surface area contributed by atoms with E-state index in [0.717, 1.165) is 27.9 Å². The third-order valence-electron chi connectivity index (χ3n) is 5.02. The fraction of sp³-hybridized carbons (Fsp3) is 0.261. The summed E-state index contributed by atoms with van der Waals surface area (Å²) in [5.41, 5.74) is 5.30. The second kappa shape index (κ2) is 8.21. The summed E-state index contributed by atoms with van der Waals surface area (Å²) >= 11 is 0. The van der Waals surface area contributed by atoms with Crippen molar-refractivity contribution in [1.29, 1.82) is 0 Å². The van der Waals surface area contributed by atoms with E-state index in [0.29, 0.717) is 12.1 Å². The lowest BCUT2D eigenvalue weighted by atomic mass is 10.1. The van der Waals surface area contributed by atoms with Gasteiger partial charge in [0.1, 0.15) is 6.04 Å². The van der Waals surface area contributed by atoms with Crippen LogP contribution < -0.4 is 10.9 Å². The molecule has 0 radical (unpaired) electrons. The molecule has 28 heavy (non-hydrogen) atoms. The maximum atomic E-state index is 12.9. The van der Waals surface area contributed by atoms with Gasteiger partial charge in [-0.1, -0.05) is 48.9 Å². The van der Waals surface area contributed by atoms with Crippen molar-refractivity contribution in [2.75, 3.05) is 5.32 Å². The Bertz CT molecular complexity index is 1050. The van der Waals surface area contributed by atoms with Gasteiger partial charge in [-0.3, -0.25) is 9.59 Å². The minimum absolute atomic E-state index is 0.244. The highest BCUT2D eigenvalue weighted by molar-refractivity contribution is 5.94. The number of benzene rings is 2. The van der Waals surface area contributed by atoms with Crippen LogP contribution >= 0.6 is 0 Å². The van der Waals surface area contributed by atoms with Gasteiger partial charge in [0.2, 0.25) is 5.91 Å². The van der Waals surface area contributed by atoms with Gasteiger partial charge in [0.25, 0.3) is 5.56 Å². The number of amides is 1. The van der Waals surface area contributed by atoms with E-state index in [9.17, 15) is 9.59 Å². The largest absolute Gasteiger partial charge is 0.324 e. The fourth-order valence-corrected chi connectivity index (χ4v) is 3.10. The molecule has 0 spiro atoms. The van der Waals surface area contributed by atoms with Gasteiger partial charge >= 0.3 is 0 Å².